The van der Waals surface area contributed by atoms with Crippen molar-refractivity contribution in [3.63, 3.8) is 0 Å². The number of thiophene rings is 1. The Balaban J connectivity index is 0.00000364. The Bertz CT molecular complexity index is 723. The van der Waals surface area contributed by atoms with Crippen LogP contribution in [0.15, 0.2) is 22.5 Å². The standard InChI is InChI=1S/C19H32N6S.HI/c1-13(11-16-14(2)23-25(7)15(16)3)22-19(20-4)21-12-17(24(5)6)18-9-8-10-26-18;/h8-10,13,17H,11-12H2,1-7H3,(H2,20,21,22);1H. The Morgan fingerprint density at radius 2 is 2.07 bits per heavy atom. The third kappa shape index (κ3) is 6.46. The second-order valence-electron chi connectivity index (χ2n) is 6.97. The number of rotatable bonds is 7. The van der Waals surface area contributed by atoms with Crippen LogP contribution in [0.3, 0.4) is 0 Å². The normalized spacial score (nSPS) is 14.0. The van der Waals surface area contributed by atoms with Crippen molar-refractivity contribution < 1.29 is 0 Å². The Morgan fingerprint density at radius 3 is 2.56 bits per heavy atom. The predicted octanol–water partition coefficient (Wildman–Crippen LogP) is 3.12. The van der Waals surface area contributed by atoms with E-state index < -0.39 is 0 Å². The predicted molar refractivity (Wildman–Crippen MR) is 127 cm³/mol. The molecule has 0 fully saturated rings. The molecule has 0 aromatic carbocycles. The first-order chi connectivity index (χ1) is 12.3. The molecule has 2 rings (SSSR count). The average molecular weight is 504 g/mol. The molecule has 0 radical (unpaired) electrons. The first-order valence-corrected chi connectivity index (χ1v) is 9.87. The topological polar surface area (TPSA) is 57.5 Å². The van der Waals surface area contributed by atoms with E-state index in [9.17, 15) is 0 Å². The third-order valence-corrected chi connectivity index (χ3v) is 5.71. The fourth-order valence-corrected chi connectivity index (χ4v) is 4.03. The zero-order valence-electron chi connectivity index (χ0n) is 17.4. The van der Waals surface area contributed by atoms with Crippen LogP contribution in [0, 0.1) is 13.8 Å². The van der Waals surface area contributed by atoms with Gasteiger partial charge in [0.15, 0.2) is 5.96 Å². The van der Waals surface area contributed by atoms with Crippen LogP contribution < -0.4 is 10.6 Å². The summed E-state index contributed by atoms with van der Waals surface area (Å²) in [7, 11) is 8.03. The molecular weight excluding hydrogens is 471 g/mol. The van der Waals surface area contributed by atoms with E-state index in [1.807, 2.05) is 18.8 Å². The molecule has 0 aliphatic rings. The lowest BCUT2D eigenvalue weighted by atomic mass is 10.1. The number of nitrogens with zero attached hydrogens (tertiary/aromatic N) is 4. The van der Waals surface area contributed by atoms with Crippen molar-refractivity contribution in [1.82, 2.24) is 25.3 Å². The quantitative estimate of drug-likeness (QED) is 0.346. The highest BCUT2D eigenvalue weighted by Gasteiger charge is 2.17. The molecule has 8 heteroatoms. The molecule has 2 unspecified atom stereocenters. The van der Waals surface area contributed by atoms with Gasteiger partial charge in [0, 0.05) is 37.3 Å². The van der Waals surface area contributed by atoms with E-state index in [0.717, 1.165) is 24.6 Å². The lowest BCUT2D eigenvalue weighted by molar-refractivity contribution is 0.302. The summed E-state index contributed by atoms with van der Waals surface area (Å²) in [4.78, 5) is 7.98. The van der Waals surface area contributed by atoms with Crippen molar-refractivity contribution in [1.29, 1.82) is 0 Å². The first kappa shape index (κ1) is 23.9. The van der Waals surface area contributed by atoms with Gasteiger partial charge in [-0.25, -0.2) is 0 Å². The van der Waals surface area contributed by atoms with E-state index in [0.29, 0.717) is 6.04 Å². The molecule has 27 heavy (non-hydrogen) atoms. The van der Waals surface area contributed by atoms with Crippen molar-refractivity contribution in [2.45, 2.75) is 39.3 Å². The van der Waals surface area contributed by atoms with Gasteiger partial charge in [-0.05, 0) is 58.3 Å². The van der Waals surface area contributed by atoms with Gasteiger partial charge in [0.1, 0.15) is 0 Å². The highest BCUT2D eigenvalue weighted by molar-refractivity contribution is 14.0. The molecular formula is C19H33IN6S. The van der Waals surface area contributed by atoms with Gasteiger partial charge < -0.3 is 15.5 Å². The fraction of sp³-hybridized carbons (Fsp3) is 0.579. The van der Waals surface area contributed by atoms with Crippen LogP contribution in [0.4, 0.5) is 0 Å². The summed E-state index contributed by atoms with van der Waals surface area (Å²) in [6.07, 6.45) is 0.925. The van der Waals surface area contributed by atoms with Crippen molar-refractivity contribution in [3.8, 4) is 0 Å². The molecule has 2 aromatic rings. The Kier molecular flexibility index (Phi) is 9.75. The third-order valence-electron chi connectivity index (χ3n) is 4.73. The SMILES string of the molecule is CN=C(NCC(c1cccs1)N(C)C)NC(C)Cc1c(C)nn(C)c1C.I. The maximum absolute atomic E-state index is 4.51. The summed E-state index contributed by atoms with van der Waals surface area (Å²) < 4.78 is 1.95. The monoisotopic (exact) mass is 504 g/mol. The number of hydrogen-bond acceptors (Lipinski definition) is 4. The number of aromatic nitrogens is 2. The van der Waals surface area contributed by atoms with Gasteiger partial charge in [-0.2, -0.15) is 5.10 Å². The average Bonchev–Trinajstić information content (AvgIpc) is 3.18. The number of halogens is 1. The minimum Gasteiger partial charge on any atom is -0.354 e. The van der Waals surface area contributed by atoms with E-state index in [2.05, 4.69) is 78.0 Å². The maximum atomic E-state index is 4.51. The van der Waals surface area contributed by atoms with Gasteiger partial charge in [0.25, 0.3) is 0 Å². The second kappa shape index (κ2) is 11.0. The molecule has 0 saturated heterocycles. The molecule has 0 spiro atoms. The molecule has 2 N–H and O–H groups in total. The van der Waals surface area contributed by atoms with Gasteiger partial charge in [-0.1, -0.05) is 6.07 Å². The summed E-state index contributed by atoms with van der Waals surface area (Å²) >= 11 is 1.79. The lowest BCUT2D eigenvalue weighted by Gasteiger charge is -2.25. The minimum atomic E-state index is 0. The summed E-state index contributed by atoms with van der Waals surface area (Å²) in [5.74, 6) is 0.833. The van der Waals surface area contributed by atoms with E-state index in [1.54, 1.807) is 11.3 Å². The molecule has 2 aromatic heterocycles. The zero-order chi connectivity index (χ0) is 19.3. The van der Waals surface area contributed by atoms with E-state index >= 15 is 0 Å². The number of hydrogen-bond donors (Lipinski definition) is 2. The van der Waals surface area contributed by atoms with Gasteiger partial charge in [0.05, 0.1) is 11.7 Å². The first-order valence-electron chi connectivity index (χ1n) is 8.99. The number of aliphatic imine (C=N–C) groups is 1. The van der Waals surface area contributed by atoms with Crippen LogP contribution >= 0.6 is 35.3 Å². The molecule has 2 heterocycles. The number of guanidine groups is 1. The summed E-state index contributed by atoms with van der Waals surface area (Å²) in [5, 5.41) is 13.6. The van der Waals surface area contributed by atoms with E-state index in [1.165, 1.54) is 16.1 Å². The number of likely N-dealkylation sites (N-methyl/N-ethyl adjacent to an activating group) is 1. The second-order valence-corrected chi connectivity index (χ2v) is 7.95. The van der Waals surface area contributed by atoms with Gasteiger partial charge in [0.2, 0.25) is 0 Å². The molecule has 6 nitrogen and oxygen atoms in total. The van der Waals surface area contributed by atoms with Crippen LogP contribution in [-0.2, 0) is 13.5 Å². The van der Waals surface area contributed by atoms with Gasteiger partial charge in [-0.3, -0.25) is 9.67 Å². The van der Waals surface area contributed by atoms with E-state index in [-0.39, 0.29) is 30.0 Å². The molecule has 2 atom stereocenters. The Hall–Kier alpha value is -1.13. The molecule has 0 bridgehead atoms. The molecule has 0 aliphatic carbocycles. The summed E-state index contributed by atoms with van der Waals surface area (Å²) in [5.41, 5.74) is 3.64. The van der Waals surface area contributed by atoms with Crippen LogP contribution in [0.1, 0.15) is 34.8 Å². The highest BCUT2D eigenvalue weighted by atomic mass is 127. The molecule has 0 saturated carbocycles. The van der Waals surface area contributed by atoms with Crippen molar-refractivity contribution >= 4 is 41.3 Å². The van der Waals surface area contributed by atoms with Crippen LogP contribution in [0.2, 0.25) is 0 Å². The largest absolute Gasteiger partial charge is 0.354 e. The Labute approximate surface area is 184 Å². The fourth-order valence-electron chi connectivity index (χ4n) is 3.11. The van der Waals surface area contributed by atoms with Gasteiger partial charge >= 0.3 is 0 Å². The van der Waals surface area contributed by atoms with Crippen molar-refractivity contribution in [2.24, 2.45) is 12.0 Å². The smallest absolute Gasteiger partial charge is 0.191 e. The van der Waals surface area contributed by atoms with Crippen LogP contribution in [0.25, 0.3) is 0 Å². The minimum absolute atomic E-state index is 0. The Morgan fingerprint density at radius 1 is 1.37 bits per heavy atom. The highest BCUT2D eigenvalue weighted by Crippen LogP contribution is 2.22. The number of aryl methyl sites for hydroxylation is 2. The van der Waals surface area contributed by atoms with E-state index in [4.69, 9.17) is 0 Å². The lowest BCUT2D eigenvalue weighted by Crippen LogP contribution is -2.45. The number of nitrogens with one attached hydrogen (secondary N) is 2. The zero-order valence-corrected chi connectivity index (χ0v) is 20.6. The van der Waals surface area contributed by atoms with Crippen LogP contribution in [0.5, 0.6) is 0 Å². The van der Waals surface area contributed by atoms with Crippen LogP contribution in [-0.4, -0.2) is 54.4 Å². The van der Waals surface area contributed by atoms with Gasteiger partial charge in [-0.15, -0.1) is 35.3 Å². The maximum Gasteiger partial charge on any atom is 0.191 e. The summed E-state index contributed by atoms with van der Waals surface area (Å²) in [6.45, 7) is 7.19. The molecule has 0 amide bonds. The molecule has 152 valence electrons. The molecule has 0 aliphatic heterocycles. The summed E-state index contributed by atoms with van der Waals surface area (Å²) in [6, 6.07) is 4.88. The van der Waals surface area contributed by atoms with Crippen molar-refractivity contribution in [2.75, 3.05) is 27.7 Å². The van der Waals surface area contributed by atoms with Crippen molar-refractivity contribution in [3.05, 3.63) is 39.3 Å².